The van der Waals surface area contributed by atoms with E-state index in [1.807, 2.05) is 0 Å². The average molecular weight is 220 g/mol. The predicted molar refractivity (Wildman–Crippen MR) is 54.4 cm³/mol. The van der Waals surface area contributed by atoms with E-state index in [0.717, 1.165) is 6.07 Å². The van der Waals surface area contributed by atoms with Gasteiger partial charge in [-0.05, 0) is 13.0 Å². The maximum absolute atomic E-state index is 11.2. The number of nitro groups is 1. The zero-order valence-corrected chi connectivity index (χ0v) is 8.68. The number of carbonyl (C=O) groups excluding carboxylic acids is 1. The number of rotatable bonds is 3. The Labute approximate surface area is 91.2 Å². The zero-order valence-electron chi connectivity index (χ0n) is 8.68. The highest BCUT2D eigenvalue weighted by atomic mass is 16.6. The fourth-order valence-electron chi connectivity index (χ4n) is 1.32. The molecule has 0 aliphatic heterocycles. The number of nitriles is 1. The molecule has 82 valence electrons. The van der Waals surface area contributed by atoms with E-state index in [9.17, 15) is 14.9 Å². The molecular weight excluding hydrogens is 212 g/mol. The second kappa shape index (κ2) is 4.40. The van der Waals surface area contributed by atoms with Crippen LogP contribution >= 0.6 is 0 Å². The lowest BCUT2D eigenvalue weighted by molar-refractivity contribution is -0.385. The molecule has 0 aliphatic carbocycles. The summed E-state index contributed by atoms with van der Waals surface area (Å²) < 4.78 is 4.87. The van der Waals surface area contributed by atoms with Crippen LogP contribution in [0.15, 0.2) is 12.1 Å². The van der Waals surface area contributed by atoms with Crippen molar-refractivity contribution in [3.63, 3.8) is 0 Å². The number of carbonyl (C=O) groups is 1. The number of nitro benzene ring substituents is 1. The zero-order chi connectivity index (χ0) is 12.3. The van der Waals surface area contributed by atoms with Gasteiger partial charge in [0.2, 0.25) is 0 Å². The van der Waals surface area contributed by atoms with Crippen LogP contribution in [-0.2, 0) is 0 Å². The number of hydrogen-bond acceptors (Lipinski definition) is 5. The van der Waals surface area contributed by atoms with Crippen molar-refractivity contribution in [2.24, 2.45) is 0 Å². The summed E-state index contributed by atoms with van der Waals surface area (Å²) in [7, 11) is 1.26. The maximum atomic E-state index is 11.2. The highest BCUT2D eigenvalue weighted by molar-refractivity contribution is 5.98. The summed E-state index contributed by atoms with van der Waals surface area (Å²) >= 11 is 0. The minimum Gasteiger partial charge on any atom is -0.494 e. The van der Waals surface area contributed by atoms with Gasteiger partial charge in [0, 0.05) is 6.07 Å². The van der Waals surface area contributed by atoms with E-state index < -0.39 is 4.92 Å². The van der Waals surface area contributed by atoms with Crippen LogP contribution in [0, 0.1) is 21.4 Å². The van der Waals surface area contributed by atoms with Gasteiger partial charge in [0.1, 0.15) is 6.07 Å². The number of Topliss-reactive ketones (excluding diaryl/α,β-unsaturated/α-hetero) is 1. The van der Waals surface area contributed by atoms with E-state index in [4.69, 9.17) is 10.00 Å². The van der Waals surface area contributed by atoms with Gasteiger partial charge < -0.3 is 4.74 Å². The minimum atomic E-state index is -0.689. The second-order valence-corrected chi connectivity index (χ2v) is 2.97. The summed E-state index contributed by atoms with van der Waals surface area (Å²) in [5, 5.41) is 19.5. The third kappa shape index (κ3) is 1.83. The number of nitrogens with zero attached hydrogens (tertiary/aromatic N) is 2. The van der Waals surface area contributed by atoms with Crippen molar-refractivity contribution < 1.29 is 14.5 Å². The molecule has 0 saturated heterocycles. The lowest BCUT2D eigenvalue weighted by Crippen LogP contribution is -2.02. The molecule has 6 heteroatoms. The molecule has 0 fully saturated rings. The lowest BCUT2D eigenvalue weighted by Gasteiger charge is -2.07. The second-order valence-electron chi connectivity index (χ2n) is 2.97. The van der Waals surface area contributed by atoms with Gasteiger partial charge in [-0.3, -0.25) is 14.9 Å². The standard InChI is InChI=1S/C10H8N2O4/c1-6(13)7-3-4-9(12(14)15)8(5-11)10(7)16-2/h3-4H,1-2H3. The molecule has 0 aliphatic rings. The highest BCUT2D eigenvalue weighted by Crippen LogP contribution is 2.31. The Bertz CT molecular complexity index is 502. The smallest absolute Gasteiger partial charge is 0.290 e. The molecule has 16 heavy (non-hydrogen) atoms. The fourth-order valence-corrected chi connectivity index (χ4v) is 1.32. The van der Waals surface area contributed by atoms with Gasteiger partial charge in [-0.15, -0.1) is 0 Å². The SMILES string of the molecule is COc1c(C(C)=O)ccc([N+](=O)[O-])c1C#N. The molecule has 1 rings (SSSR count). The first kappa shape index (κ1) is 11.7. The normalized spacial score (nSPS) is 9.31. The lowest BCUT2D eigenvalue weighted by atomic mass is 10.0. The molecule has 0 amide bonds. The van der Waals surface area contributed by atoms with Crippen molar-refractivity contribution in [3.8, 4) is 11.8 Å². The first-order chi connectivity index (χ1) is 7.52. The molecule has 1 aromatic carbocycles. The summed E-state index contributed by atoms with van der Waals surface area (Å²) in [6.07, 6.45) is 0. The van der Waals surface area contributed by atoms with Crippen molar-refractivity contribution in [2.75, 3.05) is 7.11 Å². The number of ether oxygens (including phenoxy) is 1. The predicted octanol–water partition coefficient (Wildman–Crippen LogP) is 1.68. The molecule has 0 N–H and O–H groups in total. The molecule has 1 aromatic rings. The van der Waals surface area contributed by atoms with E-state index in [2.05, 4.69) is 0 Å². The Kier molecular flexibility index (Phi) is 3.20. The van der Waals surface area contributed by atoms with Crippen molar-refractivity contribution in [3.05, 3.63) is 33.4 Å². The van der Waals surface area contributed by atoms with Gasteiger partial charge in [-0.2, -0.15) is 5.26 Å². The van der Waals surface area contributed by atoms with Gasteiger partial charge in [-0.1, -0.05) is 0 Å². The third-order valence-corrected chi connectivity index (χ3v) is 2.03. The van der Waals surface area contributed by atoms with E-state index in [1.165, 1.54) is 20.1 Å². The van der Waals surface area contributed by atoms with E-state index in [1.54, 1.807) is 6.07 Å². The largest absolute Gasteiger partial charge is 0.494 e. The van der Waals surface area contributed by atoms with Gasteiger partial charge in [0.05, 0.1) is 17.6 Å². The summed E-state index contributed by atoms with van der Waals surface area (Å²) in [5.41, 5.74) is -0.450. The number of benzene rings is 1. The van der Waals surface area contributed by atoms with Gasteiger partial charge in [0.25, 0.3) is 5.69 Å². The van der Waals surface area contributed by atoms with Crippen LogP contribution in [0.5, 0.6) is 5.75 Å². The van der Waals surface area contributed by atoms with Gasteiger partial charge in [0.15, 0.2) is 17.1 Å². The van der Waals surface area contributed by atoms with Crippen molar-refractivity contribution in [1.82, 2.24) is 0 Å². The number of methoxy groups -OCH3 is 1. The molecule has 0 unspecified atom stereocenters. The first-order valence-electron chi connectivity index (χ1n) is 4.29. The van der Waals surface area contributed by atoms with Crippen LogP contribution in [0.2, 0.25) is 0 Å². The minimum absolute atomic E-state index is 0.0517. The van der Waals surface area contributed by atoms with Crippen molar-refractivity contribution in [1.29, 1.82) is 5.26 Å². The van der Waals surface area contributed by atoms with Crippen LogP contribution in [0.25, 0.3) is 0 Å². The maximum Gasteiger partial charge on any atom is 0.290 e. The van der Waals surface area contributed by atoms with E-state index in [0.29, 0.717) is 0 Å². The van der Waals surface area contributed by atoms with Crippen LogP contribution in [-0.4, -0.2) is 17.8 Å². The van der Waals surface area contributed by atoms with Crippen LogP contribution in [0.1, 0.15) is 22.8 Å². The molecular formula is C10H8N2O4. The summed E-state index contributed by atoms with van der Waals surface area (Å²) in [5.74, 6) is -0.368. The summed E-state index contributed by atoms with van der Waals surface area (Å²) in [6, 6.07) is 4.07. The highest BCUT2D eigenvalue weighted by Gasteiger charge is 2.23. The monoisotopic (exact) mass is 220 g/mol. The summed E-state index contributed by atoms with van der Waals surface area (Å²) in [4.78, 5) is 21.2. The topological polar surface area (TPSA) is 93.2 Å². The average Bonchev–Trinajstić information content (AvgIpc) is 2.26. The third-order valence-electron chi connectivity index (χ3n) is 2.03. The quantitative estimate of drug-likeness (QED) is 0.438. The Morgan fingerprint density at radius 1 is 1.56 bits per heavy atom. The molecule has 0 atom stereocenters. The molecule has 0 spiro atoms. The molecule has 0 heterocycles. The Balaban J connectivity index is 3.60. The van der Waals surface area contributed by atoms with Crippen LogP contribution in [0.3, 0.4) is 0 Å². The Hall–Kier alpha value is -2.42. The van der Waals surface area contributed by atoms with Crippen molar-refractivity contribution in [2.45, 2.75) is 6.92 Å². The first-order valence-corrected chi connectivity index (χ1v) is 4.29. The van der Waals surface area contributed by atoms with Crippen molar-refractivity contribution >= 4 is 11.5 Å². The summed E-state index contributed by atoms with van der Waals surface area (Å²) in [6.45, 7) is 1.30. The number of ketones is 1. The molecule has 0 radical (unpaired) electrons. The fraction of sp³-hybridized carbons (Fsp3) is 0.200. The van der Waals surface area contributed by atoms with E-state index in [-0.39, 0.29) is 28.3 Å². The molecule has 6 nitrogen and oxygen atoms in total. The van der Waals surface area contributed by atoms with Crippen LogP contribution in [0.4, 0.5) is 5.69 Å². The molecule has 0 bridgehead atoms. The van der Waals surface area contributed by atoms with Gasteiger partial charge in [-0.25, -0.2) is 0 Å². The van der Waals surface area contributed by atoms with E-state index >= 15 is 0 Å². The van der Waals surface area contributed by atoms with Crippen LogP contribution < -0.4 is 4.74 Å². The Morgan fingerprint density at radius 2 is 2.19 bits per heavy atom. The molecule has 0 saturated carbocycles. The molecule has 0 aromatic heterocycles. The van der Waals surface area contributed by atoms with Gasteiger partial charge >= 0.3 is 0 Å². The Morgan fingerprint density at radius 3 is 2.56 bits per heavy atom. The number of hydrogen-bond donors (Lipinski definition) is 0.